The first-order valence-electron chi connectivity index (χ1n) is 7.42. The minimum atomic E-state index is -0.00223. The van der Waals surface area contributed by atoms with Gasteiger partial charge in [0.25, 0.3) is 0 Å². The molecule has 0 bridgehead atoms. The highest BCUT2D eigenvalue weighted by molar-refractivity contribution is 5.89. The first kappa shape index (κ1) is 14.9. The average molecular weight is 275 g/mol. The Balaban J connectivity index is 2.00. The molecule has 0 spiro atoms. The molecule has 0 aliphatic carbocycles. The molecule has 0 saturated carbocycles. The van der Waals surface area contributed by atoms with Gasteiger partial charge in [0.05, 0.1) is 0 Å². The van der Waals surface area contributed by atoms with Gasteiger partial charge in [-0.3, -0.25) is 0 Å². The molecule has 1 aliphatic heterocycles. The van der Waals surface area contributed by atoms with Gasteiger partial charge < -0.3 is 16.0 Å². The molecule has 4 heteroatoms. The highest BCUT2D eigenvalue weighted by Gasteiger charge is 2.28. The van der Waals surface area contributed by atoms with Gasteiger partial charge in [0.1, 0.15) is 0 Å². The number of nitrogens with zero attached hydrogens (tertiary/aromatic N) is 1. The average Bonchev–Trinajstić information content (AvgIpc) is 2.42. The van der Waals surface area contributed by atoms with Crippen molar-refractivity contribution in [3.63, 3.8) is 0 Å². The van der Waals surface area contributed by atoms with E-state index in [2.05, 4.69) is 19.2 Å². The Hall–Kier alpha value is -1.55. The van der Waals surface area contributed by atoms with Crippen LogP contribution < -0.4 is 11.1 Å². The summed E-state index contributed by atoms with van der Waals surface area (Å²) < 4.78 is 0. The summed E-state index contributed by atoms with van der Waals surface area (Å²) in [5, 5.41) is 2.97. The van der Waals surface area contributed by atoms with Crippen molar-refractivity contribution >= 4 is 11.7 Å². The molecular formula is C16H25N3O. The summed E-state index contributed by atoms with van der Waals surface area (Å²) in [7, 11) is 0. The summed E-state index contributed by atoms with van der Waals surface area (Å²) in [6.45, 7) is 7.13. The number of likely N-dealkylation sites (tertiary alicyclic amines) is 1. The fourth-order valence-corrected chi connectivity index (χ4v) is 2.69. The number of nitrogens with one attached hydrogen (secondary N) is 1. The lowest BCUT2D eigenvalue weighted by Crippen LogP contribution is -2.47. The number of anilines is 1. The van der Waals surface area contributed by atoms with Crippen LogP contribution in [0.25, 0.3) is 0 Å². The largest absolute Gasteiger partial charge is 0.324 e. The quantitative estimate of drug-likeness (QED) is 0.869. The van der Waals surface area contributed by atoms with Crippen LogP contribution in [-0.2, 0) is 0 Å². The molecular weight excluding hydrogens is 250 g/mol. The maximum Gasteiger partial charge on any atom is 0.322 e. The van der Waals surface area contributed by atoms with Gasteiger partial charge in [0, 0.05) is 24.3 Å². The van der Waals surface area contributed by atoms with E-state index in [1.54, 1.807) is 0 Å². The molecule has 1 fully saturated rings. The molecule has 0 aromatic heterocycles. The van der Waals surface area contributed by atoms with Crippen LogP contribution in [0, 0.1) is 5.92 Å². The first-order valence-corrected chi connectivity index (χ1v) is 7.42. The predicted molar refractivity (Wildman–Crippen MR) is 82.6 cm³/mol. The zero-order valence-electron chi connectivity index (χ0n) is 12.6. The maximum absolute atomic E-state index is 12.3. The number of urea groups is 1. The van der Waals surface area contributed by atoms with Gasteiger partial charge >= 0.3 is 6.03 Å². The predicted octanol–water partition coefficient (Wildman–Crippen LogP) is 3.36. The van der Waals surface area contributed by atoms with Gasteiger partial charge in [-0.25, -0.2) is 4.79 Å². The van der Waals surface area contributed by atoms with E-state index in [9.17, 15) is 4.79 Å². The van der Waals surface area contributed by atoms with E-state index in [0.29, 0.717) is 12.0 Å². The lowest BCUT2D eigenvalue weighted by molar-refractivity contribution is 0.139. The van der Waals surface area contributed by atoms with Crippen molar-refractivity contribution in [2.75, 3.05) is 11.9 Å². The normalized spacial score (nSPS) is 24.3. The Labute approximate surface area is 121 Å². The number of carbonyl (C=O) groups is 1. The number of piperidine rings is 1. The van der Waals surface area contributed by atoms with Crippen molar-refractivity contribution in [3.8, 4) is 0 Å². The lowest BCUT2D eigenvalue weighted by Gasteiger charge is -2.37. The topological polar surface area (TPSA) is 58.4 Å². The van der Waals surface area contributed by atoms with Crippen LogP contribution in [0.2, 0.25) is 0 Å². The molecule has 1 heterocycles. The monoisotopic (exact) mass is 275 g/mol. The van der Waals surface area contributed by atoms with E-state index in [4.69, 9.17) is 5.73 Å². The van der Waals surface area contributed by atoms with E-state index in [0.717, 1.165) is 24.2 Å². The minimum absolute atomic E-state index is 0.00223. The van der Waals surface area contributed by atoms with Gasteiger partial charge in [-0.05, 0) is 50.3 Å². The summed E-state index contributed by atoms with van der Waals surface area (Å²) in [5.41, 5.74) is 7.72. The Morgan fingerprint density at radius 3 is 2.60 bits per heavy atom. The third-order valence-electron chi connectivity index (χ3n) is 4.32. The van der Waals surface area contributed by atoms with E-state index in [1.165, 1.54) is 6.42 Å². The molecule has 0 radical (unpaired) electrons. The Kier molecular flexibility index (Phi) is 4.65. The van der Waals surface area contributed by atoms with Crippen molar-refractivity contribution in [2.45, 2.75) is 45.7 Å². The first-order chi connectivity index (χ1) is 9.49. The molecule has 1 aromatic carbocycles. The van der Waals surface area contributed by atoms with Crippen molar-refractivity contribution in [3.05, 3.63) is 29.8 Å². The second-order valence-corrected chi connectivity index (χ2v) is 5.89. The van der Waals surface area contributed by atoms with Crippen LogP contribution in [-0.4, -0.2) is 23.5 Å². The van der Waals surface area contributed by atoms with Gasteiger partial charge in [-0.2, -0.15) is 0 Å². The summed E-state index contributed by atoms with van der Waals surface area (Å²) in [4.78, 5) is 14.3. The summed E-state index contributed by atoms with van der Waals surface area (Å²) in [6.07, 6.45) is 2.29. The highest BCUT2D eigenvalue weighted by Crippen LogP contribution is 2.23. The molecule has 2 rings (SSSR count). The summed E-state index contributed by atoms with van der Waals surface area (Å²) in [6, 6.07) is 8.06. The maximum atomic E-state index is 12.3. The van der Waals surface area contributed by atoms with Gasteiger partial charge in [-0.15, -0.1) is 0 Å². The molecule has 1 aliphatic rings. The van der Waals surface area contributed by atoms with Gasteiger partial charge in [0.2, 0.25) is 0 Å². The number of amides is 2. The fraction of sp³-hybridized carbons (Fsp3) is 0.562. The number of hydrogen-bond acceptors (Lipinski definition) is 2. The zero-order valence-corrected chi connectivity index (χ0v) is 12.6. The third kappa shape index (κ3) is 3.31. The summed E-state index contributed by atoms with van der Waals surface area (Å²) >= 11 is 0. The second kappa shape index (κ2) is 6.27. The van der Waals surface area contributed by atoms with Crippen LogP contribution in [0.4, 0.5) is 10.5 Å². The molecule has 110 valence electrons. The third-order valence-corrected chi connectivity index (χ3v) is 4.32. The highest BCUT2D eigenvalue weighted by atomic mass is 16.2. The van der Waals surface area contributed by atoms with Crippen LogP contribution in [0.5, 0.6) is 0 Å². The fourth-order valence-electron chi connectivity index (χ4n) is 2.69. The number of hydrogen-bond donors (Lipinski definition) is 2. The number of nitrogens with two attached hydrogens (primary N) is 1. The Morgan fingerprint density at radius 2 is 2.00 bits per heavy atom. The van der Waals surface area contributed by atoms with E-state index < -0.39 is 0 Å². The summed E-state index contributed by atoms with van der Waals surface area (Å²) in [5.74, 6) is 0.565. The smallest absolute Gasteiger partial charge is 0.322 e. The molecule has 1 aromatic rings. The van der Waals surface area contributed by atoms with E-state index in [1.807, 2.05) is 36.1 Å². The standard InChI is InChI=1S/C16H25N3O/c1-11-5-4-10-19(13(11)3)16(20)18-15-8-6-14(7-9-15)12(2)17/h6-9,11-13H,4-5,10,17H2,1-3H3,(H,18,20). The molecule has 1 saturated heterocycles. The van der Waals surface area contributed by atoms with Crippen LogP contribution in [0.1, 0.15) is 45.2 Å². The number of carbonyl (C=O) groups excluding carboxylic acids is 1. The van der Waals surface area contributed by atoms with Crippen molar-refractivity contribution in [2.24, 2.45) is 11.7 Å². The van der Waals surface area contributed by atoms with E-state index in [-0.39, 0.29) is 12.1 Å². The molecule has 3 unspecified atom stereocenters. The van der Waals surface area contributed by atoms with Crippen LogP contribution in [0.15, 0.2) is 24.3 Å². The van der Waals surface area contributed by atoms with Crippen molar-refractivity contribution < 1.29 is 4.79 Å². The number of benzene rings is 1. The molecule has 2 amide bonds. The Morgan fingerprint density at radius 1 is 1.35 bits per heavy atom. The molecule has 20 heavy (non-hydrogen) atoms. The van der Waals surface area contributed by atoms with E-state index >= 15 is 0 Å². The van der Waals surface area contributed by atoms with Crippen molar-refractivity contribution in [1.29, 1.82) is 0 Å². The minimum Gasteiger partial charge on any atom is -0.324 e. The van der Waals surface area contributed by atoms with Crippen LogP contribution >= 0.6 is 0 Å². The number of rotatable bonds is 2. The van der Waals surface area contributed by atoms with Crippen LogP contribution in [0.3, 0.4) is 0 Å². The molecule has 3 atom stereocenters. The molecule has 3 N–H and O–H groups in total. The SMILES string of the molecule is CC(N)c1ccc(NC(=O)N2CCCC(C)C2C)cc1. The molecule has 4 nitrogen and oxygen atoms in total. The second-order valence-electron chi connectivity index (χ2n) is 5.89. The van der Waals surface area contributed by atoms with Gasteiger partial charge in [-0.1, -0.05) is 19.1 Å². The lowest BCUT2D eigenvalue weighted by atomic mass is 9.92. The van der Waals surface area contributed by atoms with Gasteiger partial charge in [0.15, 0.2) is 0 Å². The zero-order chi connectivity index (χ0) is 14.7. The Bertz CT molecular complexity index is 455. The van der Waals surface area contributed by atoms with Crippen molar-refractivity contribution in [1.82, 2.24) is 4.90 Å².